The average Bonchev–Trinajstić information content (AvgIpc) is 3.27. The van der Waals surface area contributed by atoms with Crippen LogP contribution in [0.2, 0.25) is 0 Å². The van der Waals surface area contributed by atoms with Crippen molar-refractivity contribution in [3.05, 3.63) is 94.1 Å². The van der Waals surface area contributed by atoms with Crippen molar-refractivity contribution >= 4 is 29.4 Å². The van der Waals surface area contributed by atoms with Gasteiger partial charge in [0.1, 0.15) is 18.1 Å². The van der Waals surface area contributed by atoms with Crippen molar-refractivity contribution in [1.29, 1.82) is 0 Å². The molecule has 1 heterocycles. The number of phenols is 1. The zero-order valence-corrected chi connectivity index (χ0v) is 25.0. The van der Waals surface area contributed by atoms with E-state index >= 15 is 0 Å². The molecule has 9 nitrogen and oxygen atoms in total. The molecule has 2 N–H and O–H groups in total. The summed E-state index contributed by atoms with van der Waals surface area (Å²) in [5.74, 6) is -4.12. The van der Waals surface area contributed by atoms with Crippen LogP contribution in [0.5, 0.6) is 11.5 Å². The number of ether oxygens (including phenoxy) is 1. The van der Waals surface area contributed by atoms with Crippen molar-refractivity contribution in [2.75, 3.05) is 6.54 Å². The summed E-state index contributed by atoms with van der Waals surface area (Å²) < 4.78 is 5.90. The number of carbonyl (C=O) groups excluding carboxylic acids is 4. The first-order chi connectivity index (χ1) is 21.7. The number of nitrogens with zero attached hydrogens (tertiary/aromatic N) is 1. The molecule has 4 atom stereocenters. The van der Waals surface area contributed by atoms with Gasteiger partial charge in [-0.05, 0) is 56.2 Å². The van der Waals surface area contributed by atoms with Gasteiger partial charge in [0.2, 0.25) is 11.8 Å². The maximum Gasteiger partial charge on any atom is 0.303 e. The lowest BCUT2D eigenvalue weighted by molar-refractivity contribution is -0.141. The SMILES string of the molecule is CC1=CC(=O)C2=C(C[C@@H]3C(=CC[C@@H]4C(=O)N(CCCCCC(=O)O)C(=O)[C@@H]43)[C@@H]2c2ccc(OCc3ccccc3)cc2O)C1=O. The number of allylic oxidation sites excluding steroid dienone is 6. The van der Waals surface area contributed by atoms with Crippen LogP contribution in [0, 0.1) is 17.8 Å². The zero-order valence-electron chi connectivity index (χ0n) is 25.0. The number of aliphatic carboxylic acids is 1. The molecule has 2 amide bonds. The van der Waals surface area contributed by atoms with Crippen LogP contribution in [0.25, 0.3) is 0 Å². The fraction of sp³-hybridized carbons (Fsp3) is 0.361. The number of hydrogen-bond acceptors (Lipinski definition) is 7. The van der Waals surface area contributed by atoms with Crippen molar-refractivity contribution in [2.45, 2.75) is 58.0 Å². The summed E-state index contributed by atoms with van der Waals surface area (Å²) in [5, 5.41) is 20.2. The second kappa shape index (κ2) is 12.3. The largest absolute Gasteiger partial charge is 0.507 e. The number of rotatable bonds is 10. The zero-order chi connectivity index (χ0) is 31.8. The van der Waals surface area contributed by atoms with E-state index in [1.165, 1.54) is 17.0 Å². The first-order valence-corrected chi connectivity index (χ1v) is 15.4. The number of phenolic OH excluding ortho intramolecular Hbond substituents is 1. The molecule has 6 rings (SSSR count). The molecule has 0 radical (unpaired) electrons. The van der Waals surface area contributed by atoms with Crippen LogP contribution in [-0.4, -0.2) is 51.0 Å². The summed E-state index contributed by atoms with van der Waals surface area (Å²) in [5.41, 5.74) is 3.14. The number of amides is 2. The Morgan fingerprint density at radius 1 is 0.978 bits per heavy atom. The van der Waals surface area contributed by atoms with Crippen molar-refractivity contribution in [2.24, 2.45) is 17.8 Å². The third kappa shape index (κ3) is 5.63. The molecule has 1 fully saturated rings. The third-order valence-corrected chi connectivity index (χ3v) is 9.49. The van der Waals surface area contributed by atoms with Crippen LogP contribution in [-0.2, 0) is 30.6 Å². The lowest BCUT2D eigenvalue weighted by Crippen LogP contribution is -2.39. The summed E-state index contributed by atoms with van der Waals surface area (Å²) in [6.07, 6.45) is 5.33. The molecule has 1 saturated heterocycles. The minimum absolute atomic E-state index is 0.0366. The molecule has 2 aromatic carbocycles. The molecule has 0 spiro atoms. The first-order valence-electron chi connectivity index (χ1n) is 15.4. The molecule has 0 bridgehead atoms. The number of aromatic hydroxyl groups is 1. The number of likely N-dealkylation sites (tertiary alicyclic amines) is 1. The summed E-state index contributed by atoms with van der Waals surface area (Å²) in [6, 6.07) is 14.5. The van der Waals surface area contributed by atoms with Gasteiger partial charge in [-0.25, -0.2) is 0 Å². The predicted octanol–water partition coefficient (Wildman–Crippen LogP) is 5.05. The highest BCUT2D eigenvalue weighted by molar-refractivity contribution is 6.23. The molecule has 9 heteroatoms. The smallest absolute Gasteiger partial charge is 0.303 e. The molecular weight excluding hydrogens is 574 g/mol. The highest BCUT2D eigenvalue weighted by atomic mass is 16.5. The molecule has 0 aromatic heterocycles. The Labute approximate surface area is 260 Å². The fourth-order valence-electron chi connectivity index (χ4n) is 7.34. The van der Waals surface area contributed by atoms with Crippen molar-refractivity contribution in [3.63, 3.8) is 0 Å². The van der Waals surface area contributed by atoms with E-state index < -0.39 is 29.6 Å². The Balaban J connectivity index is 1.31. The molecule has 232 valence electrons. The number of fused-ring (bicyclic) bond motifs is 3. The van der Waals surface area contributed by atoms with Gasteiger partial charge in [0, 0.05) is 47.2 Å². The molecule has 45 heavy (non-hydrogen) atoms. The predicted molar refractivity (Wildman–Crippen MR) is 163 cm³/mol. The second-order valence-corrected chi connectivity index (χ2v) is 12.3. The number of Topliss-reactive ketones (excluding diaryl/α,β-unsaturated/α-hetero) is 1. The molecule has 0 unspecified atom stereocenters. The van der Waals surface area contributed by atoms with Crippen LogP contribution in [0.15, 0.2) is 83.0 Å². The number of carboxylic acid groups (broad SMARTS) is 1. The van der Waals surface area contributed by atoms with Gasteiger partial charge in [0.05, 0.1) is 11.8 Å². The van der Waals surface area contributed by atoms with Gasteiger partial charge in [-0.3, -0.25) is 28.9 Å². The van der Waals surface area contributed by atoms with E-state index in [2.05, 4.69) is 0 Å². The Bertz CT molecular complexity index is 1680. The number of carboxylic acids is 1. The van der Waals surface area contributed by atoms with Gasteiger partial charge >= 0.3 is 5.97 Å². The highest BCUT2D eigenvalue weighted by Crippen LogP contribution is 2.56. The normalized spacial score (nSPS) is 24.2. The quantitative estimate of drug-likeness (QED) is 0.165. The standard InChI is InChI=1S/C36H35NO8/c1-20-16-29(39)33-27(34(20)42)18-26-23(13-14-25-32(26)36(44)37(35(25)43)15-7-3-6-10-30(40)41)31(33)24-12-11-22(17-28(24)38)45-19-21-8-4-2-5-9-21/h2,4-5,8-9,11-13,16-17,25-26,31-32,38H,3,6-7,10,14-15,18-19H2,1H3,(H,40,41)/t25-,26+,31+,32-/m0/s1. The Hall–Kier alpha value is -4.79. The van der Waals surface area contributed by atoms with Crippen molar-refractivity contribution in [3.8, 4) is 11.5 Å². The number of unbranched alkanes of at least 4 members (excludes halogenated alkanes) is 2. The van der Waals surface area contributed by atoms with Gasteiger partial charge in [-0.1, -0.05) is 54.5 Å². The Morgan fingerprint density at radius 2 is 1.76 bits per heavy atom. The van der Waals surface area contributed by atoms with E-state index in [0.29, 0.717) is 60.3 Å². The number of benzene rings is 2. The van der Waals surface area contributed by atoms with Gasteiger partial charge < -0.3 is 14.9 Å². The fourth-order valence-corrected chi connectivity index (χ4v) is 7.34. The number of hydrogen-bond donors (Lipinski definition) is 2. The highest BCUT2D eigenvalue weighted by Gasteiger charge is 2.56. The molecule has 3 aliphatic carbocycles. The number of ketones is 2. The van der Waals surface area contributed by atoms with Crippen LogP contribution >= 0.6 is 0 Å². The topological polar surface area (TPSA) is 138 Å². The molecule has 2 aromatic rings. The molecule has 1 aliphatic heterocycles. The average molecular weight is 610 g/mol. The molecule has 4 aliphatic rings. The monoisotopic (exact) mass is 609 g/mol. The molecular formula is C36H35NO8. The van der Waals surface area contributed by atoms with Gasteiger partial charge in [0.15, 0.2) is 11.6 Å². The Kier molecular flexibility index (Phi) is 8.27. The second-order valence-electron chi connectivity index (χ2n) is 12.3. The van der Waals surface area contributed by atoms with E-state index in [0.717, 1.165) is 11.1 Å². The van der Waals surface area contributed by atoms with E-state index in [4.69, 9.17) is 9.84 Å². The minimum atomic E-state index is -0.880. The summed E-state index contributed by atoms with van der Waals surface area (Å²) >= 11 is 0. The van der Waals surface area contributed by atoms with Crippen LogP contribution < -0.4 is 4.74 Å². The van der Waals surface area contributed by atoms with Crippen LogP contribution in [0.1, 0.15) is 62.5 Å². The summed E-state index contributed by atoms with van der Waals surface area (Å²) in [6.45, 7) is 2.12. The summed E-state index contributed by atoms with van der Waals surface area (Å²) in [7, 11) is 0. The third-order valence-electron chi connectivity index (χ3n) is 9.49. The van der Waals surface area contributed by atoms with E-state index in [1.54, 1.807) is 19.1 Å². The van der Waals surface area contributed by atoms with Gasteiger partial charge in [-0.15, -0.1) is 0 Å². The lowest BCUT2D eigenvalue weighted by atomic mass is 9.59. The van der Waals surface area contributed by atoms with Gasteiger partial charge in [-0.2, -0.15) is 0 Å². The van der Waals surface area contributed by atoms with E-state index in [9.17, 15) is 29.1 Å². The van der Waals surface area contributed by atoms with E-state index in [-0.39, 0.29) is 48.5 Å². The maximum atomic E-state index is 13.8. The van der Waals surface area contributed by atoms with Crippen LogP contribution in [0.3, 0.4) is 0 Å². The van der Waals surface area contributed by atoms with Gasteiger partial charge in [0.25, 0.3) is 0 Å². The Morgan fingerprint density at radius 3 is 2.49 bits per heavy atom. The minimum Gasteiger partial charge on any atom is -0.507 e. The molecule has 0 saturated carbocycles. The number of carbonyl (C=O) groups is 5. The first kappa shape index (κ1) is 30.2. The van der Waals surface area contributed by atoms with Crippen LogP contribution in [0.4, 0.5) is 0 Å². The maximum absolute atomic E-state index is 13.8. The van der Waals surface area contributed by atoms with Crippen molar-refractivity contribution in [1.82, 2.24) is 4.90 Å². The summed E-state index contributed by atoms with van der Waals surface area (Å²) in [4.78, 5) is 66.4. The van der Waals surface area contributed by atoms with E-state index in [1.807, 2.05) is 36.4 Å². The number of imide groups is 1. The van der Waals surface area contributed by atoms with Crippen molar-refractivity contribution < 1.29 is 38.9 Å². The lowest BCUT2D eigenvalue weighted by Gasteiger charge is -2.42.